The van der Waals surface area contributed by atoms with E-state index in [1.54, 1.807) is 12.5 Å². The fourth-order valence-electron chi connectivity index (χ4n) is 1.70. The Morgan fingerprint density at radius 1 is 1.47 bits per heavy atom. The zero-order valence-electron chi connectivity index (χ0n) is 9.81. The van der Waals surface area contributed by atoms with E-state index in [1.165, 1.54) is 5.56 Å². The number of hydrogen-bond acceptors (Lipinski definition) is 2. The molecule has 0 aliphatic heterocycles. The molecule has 0 bridgehead atoms. The van der Waals surface area contributed by atoms with E-state index in [0.717, 1.165) is 23.0 Å². The van der Waals surface area contributed by atoms with E-state index < -0.39 is 0 Å². The summed E-state index contributed by atoms with van der Waals surface area (Å²) in [6.45, 7) is 2.11. The number of benzene rings is 1. The highest BCUT2D eigenvalue weighted by Gasteiger charge is 2.06. The van der Waals surface area contributed by atoms with Crippen LogP contribution in [0.3, 0.4) is 0 Å². The lowest BCUT2D eigenvalue weighted by molar-refractivity contribution is 0.645. The lowest BCUT2D eigenvalue weighted by Crippen LogP contribution is -2.21. The zero-order valence-corrected chi connectivity index (χ0v) is 11.4. The maximum Gasteiger partial charge on any atom is 0.0991 e. The van der Waals surface area contributed by atoms with Crippen LogP contribution in [0.15, 0.2) is 41.4 Å². The largest absolute Gasteiger partial charge is 0.327 e. The topological polar surface area (TPSA) is 43.8 Å². The third-order valence-corrected chi connectivity index (χ3v) is 3.58. The molecule has 0 amide bonds. The van der Waals surface area contributed by atoms with Gasteiger partial charge in [-0.1, -0.05) is 28.9 Å². The van der Waals surface area contributed by atoms with Crippen LogP contribution in [0.25, 0.3) is 5.69 Å². The molecular formula is C13H16BrN3. The summed E-state index contributed by atoms with van der Waals surface area (Å²) in [4.78, 5) is 4.04. The predicted octanol–water partition coefficient (Wildman–Crippen LogP) is 2.91. The molecule has 0 spiro atoms. The first kappa shape index (κ1) is 12.3. The predicted molar refractivity (Wildman–Crippen MR) is 73.2 cm³/mol. The summed E-state index contributed by atoms with van der Waals surface area (Å²) in [5.74, 6) is 0. The number of hydrogen-bond donors (Lipinski definition) is 1. The second-order valence-electron chi connectivity index (χ2n) is 4.12. The van der Waals surface area contributed by atoms with Crippen molar-refractivity contribution < 1.29 is 0 Å². The first-order valence-electron chi connectivity index (χ1n) is 5.73. The van der Waals surface area contributed by atoms with Crippen molar-refractivity contribution >= 4 is 15.9 Å². The second-order valence-corrected chi connectivity index (χ2v) is 4.97. The molecule has 0 aliphatic carbocycles. The molecule has 17 heavy (non-hydrogen) atoms. The lowest BCUT2D eigenvalue weighted by Gasteiger charge is -2.12. The summed E-state index contributed by atoms with van der Waals surface area (Å²) in [5.41, 5.74) is 8.32. The minimum absolute atomic E-state index is 0.227. The molecule has 2 aromatic rings. The van der Waals surface area contributed by atoms with Crippen molar-refractivity contribution in [2.45, 2.75) is 25.8 Å². The maximum absolute atomic E-state index is 5.97. The Bertz CT molecular complexity index is 479. The minimum atomic E-state index is 0.227. The molecule has 0 fully saturated rings. The molecule has 0 aliphatic rings. The molecule has 0 saturated carbocycles. The van der Waals surface area contributed by atoms with Crippen LogP contribution in [0.1, 0.15) is 18.9 Å². The molecule has 1 heterocycles. The molecule has 0 radical (unpaired) electrons. The van der Waals surface area contributed by atoms with Crippen molar-refractivity contribution in [1.82, 2.24) is 9.55 Å². The quantitative estimate of drug-likeness (QED) is 0.942. The lowest BCUT2D eigenvalue weighted by atomic mass is 10.0. The van der Waals surface area contributed by atoms with Gasteiger partial charge >= 0.3 is 0 Å². The van der Waals surface area contributed by atoms with Gasteiger partial charge in [-0.3, -0.25) is 0 Å². The van der Waals surface area contributed by atoms with Gasteiger partial charge in [-0.15, -0.1) is 0 Å². The van der Waals surface area contributed by atoms with Gasteiger partial charge in [-0.25, -0.2) is 4.98 Å². The monoisotopic (exact) mass is 293 g/mol. The SMILES string of the molecule is CCC(N)Cc1ccc(-n2ccnc2)cc1Br. The van der Waals surface area contributed by atoms with Gasteiger partial charge in [0.25, 0.3) is 0 Å². The van der Waals surface area contributed by atoms with Crippen molar-refractivity contribution in [3.05, 3.63) is 47.0 Å². The highest BCUT2D eigenvalue weighted by Crippen LogP contribution is 2.22. The van der Waals surface area contributed by atoms with Crippen molar-refractivity contribution in [1.29, 1.82) is 0 Å². The Morgan fingerprint density at radius 2 is 2.29 bits per heavy atom. The van der Waals surface area contributed by atoms with E-state index in [9.17, 15) is 0 Å². The van der Waals surface area contributed by atoms with Gasteiger partial charge in [-0.05, 0) is 30.5 Å². The standard InChI is InChI=1S/C13H16BrN3/c1-2-11(15)7-10-3-4-12(8-13(10)14)17-6-5-16-9-17/h3-6,8-9,11H,2,7,15H2,1H3. The number of nitrogens with two attached hydrogens (primary N) is 1. The Morgan fingerprint density at radius 3 is 2.88 bits per heavy atom. The van der Waals surface area contributed by atoms with Crippen molar-refractivity contribution in [2.24, 2.45) is 5.73 Å². The van der Waals surface area contributed by atoms with E-state index in [2.05, 4.69) is 46.0 Å². The minimum Gasteiger partial charge on any atom is -0.327 e. The van der Waals surface area contributed by atoms with Gasteiger partial charge in [0.05, 0.1) is 6.33 Å². The van der Waals surface area contributed by atoms with Crippen molar-refractivity contribution in [3.63, 3.8) is 0 Å². The summed E-state index contributed by atoms with van der Waals surface area (Å²) < 4.78 is 3.08. The van der Waals surface area contributed by atoms with E-state index in [4.69, 9.17) is 5.73 Å². The van der Waals surface area contributed by atoms with Crippen molar-refractivity contribution in [2.75, 3.05) is 0 Å². The van der Waals surface area contributed by atoms with Crippen LogP contribution in [-0.4, -0.2) is 15.6 Å². The van der Waals surface area contributed by atoms with Gasteiger partial charge < -0.3 is 10.3 Å². The first-order chi connectivity index (χ1) is 8.20. The Hall–Kier alpha value is -1.13. The maximum atomic E-state index is 5.97. The smallest absolute Gasteiger partial charge is 0.0991 e. The van der Waals surface area contributed by atoms with Crippen LogP contribution in [0.4, 0.5) is 0 Å². The van der Waals surface area contributed by atoms with Gasteiger partial charge in [-0.2, -0.15) is 0 Å². The Balaban J connectivity index is 2.23. The number of rotatable bonds is 4. The molecule has 2 N–H and O–H groups in total. The molecule has 3 nitrogen and oxygen atoms in total. The van der Waals surface area contributed by atoms with Crippen molar-refractivity contribution in [3.8, 4) is 5.69 Å². The average Bonchev–Trinajstić information content (AvgIpc) is 2.85. The highest BCUT2D eigenvalue weighted by molar-refractivity contribution is 9.10. The summed E-state index contributed by atoms with van der Waals surface area (Å²) >= 11 is 3.60. The second kappa shape index (κ2) is 5.47. The number of aromatic nitrogens is 2. The zero-order chi connectivity index (χ0) is 12.3. The van der Waals surface area contributed by atoms with Crippen LogP contribution in [0, 0.1) is 0 Å². The molecule has 90 valence electrons. The van der Waals surface area contributed by atoms with Gasteiger partial charge in [0.2, 0.25) is 0 Å². The summed E-state index contributed by atoms with van der Waals surface area (Å²) in [6.07, 6.45) is 7.39. The van der Waals surface area contributed by atoms with Gasteiger partial charge in [0.1, 0.15) is 0 Å². The van der Waals surface area contributed by atoms with Crippen LogP contribution < -0.4 is 5.73 Å². The highest BCUT2D eigenvalue weighted by atomic mass is 79.9. The fraction of sp³-hybridized carbons (Fsp3) is 0.308. The van der Waals surface area contributed by atoms with Gasteiger partial charge in [0, 0.05) is 28.6 Å². The van der Waals surface area contributed by atoms with E-state index in [-0.39, 0.29) is 6.04 Å². The van der Waals surface area contributed by atoms with Crippen LogP contribution in [-0.2, 0) is 6.42 Å². The number of imidazole rings is 1. The van der Waals surface area contributed by atoms with Crippen LogP contribution in [0.2, 0.25) is 0 Å². The average molecular weight is 294 g/mol. The molecule has 1 unspecified atom stereocenters. The fourth-order valence-corrected chi connectivity index (χ4v) is 2.23. The third-order valence-electron chi connectivity index (χ3n) is 2.85. The normalized spacial score (nSPS) is 12.6. The molecule has 4 heteroatoms. The molecule has 1 aromatic heterocycles. The third kappa shape index (κ3) is 2.96. The molecule has 1 aromatic carbocycles. The Kier molecular flexibility index (Phi) is 3.97. The molecule has 1 atom stereocenters. The summed E-state index contributed by atoms with van der Waals surface area (Å²) in [6, 6.07) is 6.53. The molecule has 0 saturated heterocycles. The van der Waals surface area contributed by atoms with E-state index >= 15 is 0 Å². The van der Waals surface area contributed by atoms with Crippen LogP contribution in [0.5, 0.6) is 0 Å². The van der Waals surface area contributed by atoms with E-state index in [0.29, 0.717) is 0 Å². The van der Waals surface area contributed by atoms with E-state index in [1.807, 2.05) is 10.8 Å². The number of nitrogens with zero attached hydrogens (tertiary/aromatic N) is 2. The summed E-state index contributed by atoms with van der Waals surface area (Å²) in [7, 11) is 0. The molecular weight excluding hydrogens is 278 g/mol. The number of halogens is 1. The first-order valence-corrected chi connectivity index (χ1v) is 6.52. The molecule has 2 rings (SSSR count). The van der Waals surface area contributed by atoms with Crippen LogP contribution >= 0.6 is 15.9 Å². The Labute approximate surface area is 110 Å². The van der Waals surface area contributed by atoms with Gasteiger partial charge in [0.15, 0.2) is 0 Å². The summed E-state index contributed by atoms with van der Waals surface area (Å²) in [5, 5.41) is 0.